The lowest BCUT2D eigenvalue weighted by molar-refractivity contribution is -0.128. The first-order valence-corrected chi connectivity index (χ1v) is 10.7. The number of pyridine rings is 1. The van der Waals surface area contributed by atoms with Crippen molar-refractivity contribution in [2.45, 2.75) is 45.3 Å². The van der Waals surface area contributed by atoms with Crippen LogP contribution in [0.4, 0.5) is 5.82 Å². The summed E-state index contributed by atoms with van der Waals surface area (Å²) in [4.78, 5) is 37.4. The highest BCUT2D eigenvalue weighted by molar-refractivity contribution is 6.49. The van der Waals surface area contributed by atoms with Gasteiger partial charge in [-0.05, 0) is 63.9 Å². The SMILES string of the molecule is Cc1cnc(N(C(=O)c2ccc(C3=NOC(C)(C)C3=O)cc2)[C@@H]2CCCNC2)c(Cl)c1. The summed E-state index contributed by atoms with van der Waals surface area (Å²) < 4.78 is 0. The minimum Gasteiger partial charge on any atom is -0.381 e. The number of nitrogens with zero attached hydrogens (tertiary/aromatic N) is 3. The molecule has 2 aliphatic rings. The second-order valence-electron chi connectivity index (χ2n) is 8.44. The molecule has 1 atom stereocenters. The summed E-state index contributed by atoms with van der Waals surface area (Å²) in [5.74, 6) is 0.0902. The molecular formula is C23H25ClN4O3. The van der Waals surface area contributed by atoms with E-state index in [0.717, 1.165) is 24.9 Å². The molecule has 0 bridgehead atoms. The van der Waals surface area contributed by atoms with Crippen LogP contribution in [0.5, 0.6) is 0 Å². The topological polar surface area (TPSA) is 83.9 Å². The van der Waals surface area contributed by atoms with E-state index in [0.29, 0.717) is 28.5 Å². The third kappa shape index (κ3) is 4.20. The minimum atomic E-state index is -0.970. The molecule has 1 aromatic heterocycles. The Bertz CT molecular complexity index is 1040. The number of piperidine rings is 1. The second-order valence-corrected chi connectivity index (χ2v) is 8.85. The van der Waals surface area contributed by atoms with Gasteiger partial charge in [0.1, 0.15) is 0 Å². The van der Waals surface area contributed by atoms with Gasteiger partial charge in [0.25, 0.3) is 5.91 Å². The predicted molar refractivity (Wildman–Crippen MR) is 120 cm³/mol. The fourth-order valence-corrected chi connectivity index (χ4v) is 4.13. The number of carbonyl (C=O) groups is 2. The number of carbonyl (C=O) groups excluding carboxylic acids is 2. The largest absolute Gasteiger partial charge is 0.381 e. The zero-order valence-electron chi connectivity index (χ0n) is 17.8. The highest BCUT2D eigenvalue weighted by Gasteiger charge is 2.40. The fraction of sp³-hybridized carbons (Fsp3) is 0.391. The van der Waals surface area contributed by atoms with Gasteiger partial charge in [0.15, 0.2) is 17.1 Å². The monoisotopic (exact) mass is 440 g/mol. The van der Waals surface area contributed by atoms with Gasteiger partial charge >= 0.3 is 0 Å². The van der Waals surface area contributed by atoms with Gasteiger partial charge in [0.2, 0.25) is 5.78 Å². The number of halogens is 1. The van der Waals surface area contributed by atoms with Crippen LogP contribution >= 0.6 is 11.6 Å². The quantitative estimate of drug-likeness (QED) is 0.786. The fourth-order valence-electron chi connectivity index (χ4n) is 3.81. The van der Waals surface area contributed by atoms with Crippen LogP contribution in [-0.2, 0) is 9.63 Å². The van der Waals surface area contributed by atoms with E-state index in [1.54, 1.807) is 49.2 Å². The number of hydrogen-bond acceptors (Lipinski definition) is 6. The van der Waals surface area contributed by atoms with Crippen molar-refractivity contribution in [3.8, 4) is 0 Å². The number of amides is 1. The molecule has 3 heterocycles. The molecule has 1 aromatic carbocycles. The minimum absolute atomic E-state index is 0.0522. The first-order chi connectivity index (χ1) is 14.8. The van der Waals surface area contributed by atoms with Gasteiger partial charge in [-0.15, -0.1) is 0 Å². The third-order valence-electron chi connectivity index (χ3n) is 5.57. The number of oxime groups is 1. The zero-order chi connectivity index (χ0) is 22.2. The van der Waals surface area contributed by atoms with Crippen LogP contribution in [0, 0.1) is 6.92 Å². The Kier molecular flexibility index (Phi) is 5.81. The Hall–Kier alpha value is -2.77. The molecule has 0 spiro atoms. The lowest BCUT2D eigenvalue weighted by Crippen LogP contribution is -2.49. The number of ketones is 1. The molecule has 1 fully saturated rings. The molecular weight excluding hydrogens is 416 g/mol. The van der Waals surface area contributed by atoms with E-state index in [1.807, 2.05) is 13.0 Å². The van der Waals surface area contributed by atoms with Gasteiger partial charge in [-0.25, -0.2) is 4.98 Å². The van der Waals surface area contributed by atoms with Crippen molar-refractivity contribution in [2.24, 2.45) is 5.16 Å². The molecule has 7 nitrogen and oxygen atoms in total. The Morgan fingerprint density at radius 2 is 2.03 bits per heavy atom. The van der Waals surface area contributed by atoms with Crippen LogP contribution in [0.25, 0.3) is 0 Å². The second kappa shape index (κ2) is 8.40. The molecule has 1 N–H and O–H groups in total. The molecule has 1 amide bonds. The normalized spacial score (nSPS) is 20.2. The molecule has 0 radical (unpaired) electrons. The van der Waals surface area contributed by atoms with Crippen molar-refractivity contribution >= 4 is 34.8 Å². The van der Waals surface area contributed by atoms with E-state index in [-0.39, 0.29) is 23.4 Å². The maximum Gasteiger partial charge on any atom is 0.259 e. The lowest BCUT2D eigenvalue weighted by Gasteiger charge is -2.34. The maximum absolute atomic E-state index is 13.6. The van der Waals surface area contributed by atoms with E-state index in [2.05, 4.69) is 15.5 Å². The predicted octanol–water partition coefficient (Wildman–Crippen LogP) is 3.52. The average Bonchev–Trinajstić information content (AvgIpc) is 3.03. The Labute approximate surface area is 186 Å². The Morgan fingerprint density at radius 1 is 1.29 bits per heavy atom. The van der Waals surface area contributed by atoms with Crippen LogP contribution < -0.4 is 10.2 Å². The summed E-state index contributed by atoms with van der Waals surface area (Å²) in [7, 11) is 0. The van der Waals surface area contributed by atoms with Gasteiger partial charge in [0.05, 0.1) is 11.1 Å². The number of hydrogen-bond donors (Lipinski definition) is 1. The number of benzene rings is 1. The van der Waals surface area contributed by atoms with Crippen molar-refractivity contribution in [3.63, 3.8) is 0 Å². The third-order valence-corrected chi connectivity index (χ3v) is 5.85. The molecule has 8 heteroatoms. The summed E-state index contributed by atoms with van der Waals surface area (Å²) in [6.07, 6.45) is 3.54. The van der Waals surface area contributed by atoms with Crippen LogP contribution in [0.15, 0.2) is 41.7 Å². The van der Waals surface area contributed by atoms with E-state index < -0.39 is 5.60 Å². The first-order valence-electron chi connectivity index (χ1n) is 10.4. The molecule has 0 aliphatic carbocycles. The number of aryl methyl sites for hydroxylation is 1. The van der Waals surface area contributed by atoms with E-state index >= 15 is 0 Å². The van der Waals surface area contributed by atoms with Gasteiger partial charge in [-0.1, -0.05) is 28.9 Å². The summed E-state index contributed by atoms with van der Waals surface area (Å²) in [6.45, 7) is 6.87. The molecule has 2 aliphatic heterocycles. The highest BCUT2D eigenvalue weighted by atomic mass is 35.5. The van der Waals surface area contributed by atoms with Crippen molar-refractivity contribution < 1.29 is 14.4 Å². The molecule has 0 saturated carbocycles. The Morgan fingerprint density at radius 3 is 2.61 bits per heavy atom. The van der Waals surface area contributed by atoms with Gasteiger partial charge in [-0.3, -0.25) is 14.5 Å². The van der Waals surface area contributed by atoms with Crippen molar-refractivity contribution in [3.05, 3.63) is 58.2 Å². The Balaban J connectivity index is 1.65. The van der Waals surface area contributed by atoms with Crippen LogP contribution in [0.2, 0.25) is 5.02 Å². The highest BCUT2D eigenvalue weighted by Crippen LogP contribution is 2.29. The number of anilines is 1. The van der Waals surface area contributed by atoms with Gasteiger partial charge in [0, 0.05) is 23.9 Å². The smallest absolute Gasteiger partial charge is 0.259 e. The van der Waals surface area contributed by atoms with E-state index in [9.17, 15) is 9.59 Å². The summed E-state index contributed by atoms with van der Waals surface area (Å²) >= 11 is 6.49. The van der Waals surface area contributed by atoms with Crippen LogP contribution in [0.3, 0.4) is 0 Å². The van der Waals surface area contributed by atoms with Crippen molar-refractivity contribution in [1.82, 2.24) is 10.3 Å². The number of nitrogens with one attached hydrogen (secondary N) is 1. The van der Waals surface area contributed by atoms with Crippen LogP contribution in [-0.4, -0.2) is 47.1 Å². The maximum atomic E-state index is 13.6. The lowest BCUT2D eigenvalue weighted by atomic mass is 9.95. The molecule has 162 valence electrons. The average molecular weight is 441 g/mol. The zero-order valence-corrected chi connectivity index (χ0v) is 18.6. The molecule has 4 rings (SSSR count). The van der Waals surface area contributed by atoms with Crippen molar-refractivity contribution in [2.75, 3.05) is 18.0 Å². The summed E-state index contributed by atoms with van der Waals surface area (Å²) in [5, 5.41) is 7.72. The molecule has 2 aromatic rings. The summed E-state index contributed by atoms with van der Waals surface area (Å²) in [5.41, 5.74) is 1.33. The number of Topliss-reactive ketones (excluding diaryl/α,β-unsaturated/α-hetero) is 1. The van der Waals surface area contributed by atoms with Crippen molar-refractivity contribution in [1.29, 1.82) is 0 Å². The van der Waals surface area contributed by atoms with E-state index in [4.69, 9.17) is 16.4 Å². The number of rotatable bonds is 4. The standard InChI is InChI=1S/C23H25ClN4O3/c1-14-11-18(24)21(26-12-14)28(17-5-4-10-25-13-17)22(30)16-8-6-15(7-9-16)19-20(29)23(2,3)31-27-19/h6-9,11-12,17,25H,4-5,10,13H2,1-3H3/t17-/m1/s1. The summed E-state index contributed by atoms with van der Waals surface area (Å²) in [6, 6.07) is 8.60. The van der Waals surface area contributed by atoms with Gasteiger partial charge < -0.3 is 10.2 Å². The molecule has 1 saturated heterocycles. The van der Waals surface area contributed by atoms with E-state index in [1.165, 1.54) is 0 Å². The molecule has 0 unspecified atom stereocenters. The number of aromatic nitrogens is 1. The van der Waals surface area contributed by atoms with Crippen LogP contribution in [0.1, 0.15) is 48.2 Å². The molecule has 31 heavy (non-hydrogen) atoms. The first kappa shape index (κ1) is 21.5. The van der Waals surface area contributed by atoms with Gasteiger partial charge in [-0.2, -0.15) is 0 Å².